The van der Waals surface area contributed by atoms with Crippen LogP contribution < -0.4 is 10.2 Å². The molecule has 0 radical (unpaired) electrons. The van der Waals surface area contributed by atoms with Crippen LogP contribution in [0.25, 0.3) is 22.1 Å². The van der Waals surface area contributed by atoms with E-state index in [4.69, 9.17) is 13.9 Å². The fourth-order valence-electron chi connectivity index (χ4n) is 2.50. The molecular weight excluding hydrogens is 332 g/mol. The van der Waals surface area contributed by atoms with Gasteiger partial charge in [-0.1, -0.05) is 37.3 Å². The number of fused-ring (bicyclic) bond motifs is 1. The van der Waals surface area contributed by atoms with Gasteiger partial charge in [0.1, 0.15) is 17.6 Å². The van der Waals surface area contributed by atoms with Crippen LogP contribution in [0.3, 0.4) is 0 Å². The van der Waals surface area contributed by atoms with Gasteiger partial charge in [-0.3, -0.25) is 4.79 Å². The van der Waals surface area contributed by atoms with Gasteiger partial charge in [-0.2, -0.15) is 0 Å². The van der Waals surface area contributed by atoms with Crippen molar-refractivity contribution < 1.29 is 18.7 Å². The molecular formula is C21H20O5. The lowest BCUT2D eigenvalue weighted by atomic mass is 10.1. The highest BCUT2D eigenvalue weighted by Gasteiger charge is 2.12. The molecule has 0 aliphatic carbocycles. The highest BCUT2D eigenvalue weighted by atomic mass is 16.6. The van der Waals surface area contributed by atoms with Gasteiger partial charge in [0.25, 0.3) is 0 Å². The zero-order valence-corrected chi connectivity index (χ0v) is 14.7. The van der Waals surface area contributed by atoms with Crippen LogP contribution in [0.4, 0.5) is 0 Å². The standard InChI is InChI=1S/C21H20O5/c1-3-14(2)26-20(22)13-24-16-9-10-17-19(11-16)25-12-18(21(17)23)15-7-5-4-6-8-15/h4-12,14H,3,13H2,1-2H3. The third kappa shape index (κ3) is 3.94. The normalized spacial score (nSPS) is 11.9. The van der Waals surface area contributed by atoms with Gasteiger partial charge in [-0.05, 0) is 31.0 Å². The van der Waals surface area contributed by atoms with E-state index in [9.17, 15) is 9.59 Å². The summed E-state index contributed by atoms with van der Waals surface area (Å²) in [6.45, 7) is 3.57. The minimum Gasteiger partial charge on any atom is -0.482 e. The zero-order chi connectivity index (χ0) is 18.5. The third-order valence-corrected chi connectivity index (χ3v) is 4.10. The number of esters is 1. The van der Waals surface area contributed by atoms with Gasteiger partial charge in [0.2, 0.25) is 0 Å². The Hall–Kier alpha value is -3.08. The first kappa shape index (κ1) is 17.7. The number of carbonyl (C=O) groups is 1. The van der Waals surface area contributed by atoms with Crippen molar-refractivity contribution in [1.82, 2.24) is 0 Å². The van der Waals surface area contributed by atoms with E-state index in [0.29, 0.717) is 22.3 Å². The zero-order valence-electron chi connectivity index (χ0n) is 14.7. The lowest BCUT2D eigenvalue weighted by molar-refractivity contribution is -0.150. The lowest BCUT2D eigenvalue weighted by Crippen LogP contribution is -2.20. The largest absolute Gasteiger partial charge is 0.482 e. The molecule has 0 saturated carbocycles. The molecule has 26 heavy (non-hydrogen) atoms. The molecule has 1 heterocycles. The summed E-state index contributed by atoms with van der Waals surface area (Å²) in [7, 11) is 0. The first-order chi connectivity index (χ1) is 12.6. The van der Waals surface area contributed by atoms with Crippen molar-refractivity contribution in [3.63, 3.8) is 0 Å². The van der Waals surface area contributed by atoms with Crippen molar-refractivity contribution >= 4 is 16.9 Å². The van der Waals surface area contributed by atoms with Crippen molar-refractivity contribution in [3.05, 3.63) is 65.0 Å². The number of hydrogen-bond donors (Lipinski definition) is 0. The van der Waals surface area contributed by atoms with E-state index in [1.54, 1.807) is 18.2 Å². The predicted molar refractivity (Wildman–Crippen MR) is 99.3 cm³/mol. The molecule has 134 valence electrons. The Labute approximate surface area is 151 Å². The van der Waals surface area contributed by atoms with Crippen LogP contribution in [0.1, 0.15) is 20.3 Å². The molecule has 0 bridgehead atoms. The average molecular weight is 352 g/mol. The predicted octanol–water partition coefficient (Wildman–Crippen LogP) is 4.18. The Balaban J connectivity index is 1.80. The Kier molecular flexibility index (Phi) is 5.37. The lowest BCUT2D eigenvalue weighted by Gasteiger charge is -2.11. The average Bonchev–Trinajstić information content (AvgIpc) is 2.67. The van der Waals surface area contributed by atoms with E-state index in [0.717, 1.165) is 12.0 Å². The van der Waals surface area contributed by atoms with Crippen LogP contribution in [0.2, 0.25) is 0 Å². The summed E-state index contributed by atoms with van der Waals surface area (Å²) >= 11 is 0. The van der Waals surface area contributed by atoms with Gasteiger partial charge in [0.05, 0.1) is 17.1 Å². The van der Waals surface area contributed by atoms with Crippen molar-refractivity contribution in [1.29, 1.82) is 0 Å². The second-order valence-corrected chi connectivity index (χ2v) is 6.00. The molecule has 0 N–H and O–H groups in total. The molecule has 2 aromatic carbocycles. The number of hydrogen-bond acceptors (Lipinski definition) is 5. The van der Waals surface area contributed by atoms with Gasteiger partial charge < -0.3 is 13.9 Å². The second kappa shape index (κ2) is 7.87. The molecule has 0 amide bonds. The Morgan fingerprint density at radius 2 is 1.92 bits per heavy atom. The molecule has 5 heteroatoms. The Morgan fingerprint density at radius 1 is 1.15 bits per heavy atom. The summed E-state index contributed by atoms with van der Waals surface area (Å²) in [6.07, 6.45) is 2.05. The maximum atomic E-state index is 12.7. The topological polar surface area (TPSA) is 65.7 Å². The van der Waals surface area contributed by atoms with E-state index in [1.165, 1.54) is 6.26 Å². The minimum absolute atomic E-state index is 0.111. The van der Waals surface area contributed by atoms with Gasteiger partial charge >= 0.3 is 5.97 Å². The molecule has 0 aliphatic heterocycles. The number of ether oxygens (including phenoxy) is 2. The highest BCUT2D eigenvalue weighted by molar-refractivity contribution is 5.82. The quantitative estimate of drug-likeness (QED) is 0.623. The summed E-state index contributed by atoms with van der Waals surface area (Å²) in [5.74, 6) is 0.00883. The van der Waals surface area contributed by atoms with Gasteiger partial charge in [0.15, 0.2) is 12.0 Å². The highest BCUT2D eigenvalue weighted by Crippen LogP contribution is 2.23. The van der Waals surface area contributed by atoms with Crippen LogP contribution in [-0.2, 0) is 9.53 Å². The summed E-state index contributed by atoms with van der Waals surface area (Å²) in [5.41, 5.74) is 1.60. The van der Waals surface area contributed by atoms with E-state index in [1.807, 2.05) is 44.2 Å². The van der Waals surface area contributed by atoms with Crippen LogP contribution in [0, 0.1) is 0 Å². The number of rotatable bonds is 6. The first-order valence-corrected chi connectivity index (χ1v) is 8.51. The summed E-state index contributed by atoms with van der Waals surface area (Å²) < 4.78 is 16.2. The number of benzene rings is 2. The molecule has 0 saturated heterocycles. The molecule has 0 aliphatic rings. The van der Waals surface area contributed by atoms with Crippen molar-refractivity contribution in [2.45, 2.75) is 26.4 Å². The molecule has 5 nitrogen and oxygen atoms in total. The van der Waals surface area contributed by atoms with E-state index in [-0.39, 0.29) is 18.1 Å². The Bertz CT molecular complexity index is 959. The van der Waals surface area contributed by atoms with Crippen LogP contribution in [0.15, 0.2) is 64.0 Å². The summed E-state index contributed by atoms with van der Waals surface area (Å²) in [5, 5.41) is 0.459. The number of carbonyl (C=O) groups excluding carboxylic acids is 1. The monoisotopic (exact) mass is 352 g/mol. The van der Waals surface area contributed by atoms with Gasteiger partial charge in [0, 0.05) is 6.07 Å². The van der Waals surface area contributed by atoms with Crippen molar-refractivity contribution in [2.24, 2.45) is 0 Å². The molecule has 0 spiro atoms. The summed E-state index contributed by atoms with van der Waals surface area (Å²) in [6, 6.07) is 14.2. The fraction of sp³-hybridized carbons (Fsp3) is 0.238. The first-order valence-electron chi connectivity index (χ1n) is 8.51. The van der Waals surface area contributed by atoms with Crippen LogP contribution >= 0.6 is 0 Å². The van der Waals surface area contributed by atoms with Gasteiger partial charge in [-0.25, -0.2) is 4.79 Å². The fourth-order valence-corrected chi connectivity index (χ4v) is 2.50. The smallest absolute Gasteiger partial charge is 0.344 e. The van der Waals surface area contributed by atoms with E-state index >= 15 is 0 Å². The van der Waals surface area contributed by atoms with Gasteiger partial charge in [-0.15, -0.1) is 0 Å². The van der Waals surface area contributed by atoms with Crippen LogP contribution in [0.5, 0.6) is 5.75 Å². The van der Waals surface area contributed by atoms with E-state index in [2.05, 4.69) is 0 Å². The molecule has 1 aromatic heterocycles. The molecule has 1 unspecified atom stereocenters. The Morgan fingerprint density at radius 3 is 2.65 bits per heavy atom. The van der Waals surface area contributed by atoms with Crippen molar-refractivity contribution in [2.75, 3.05) is 6.61 Å². The van der Waals surface area contributed by atoms with Crippen LogP contribution in [-0.4, -0.2) is 18.7 Å². The minimum atomic E-state index is -0.430. The maximum Gasteiger partial charge on any atom is 0.344 e. The van der Waals surface area contributed by atoms with Crippen molar-refractivity contribution in [3.8, 4) is 16.9 Å². The molecule has 3 aromatic rings. The molecule has 3 rings (SSSR count). The van der Waals surface area contributed by atoms with E-state index < -0.39 is 5.97 Å². The second-order valence-electron chi connectivity index (χ2n) is 6.00. The SMILES string of the molecule is CCC(C)OC(=O)COc1ccc2c(=O)c(-c3ccccc3)coc2c1. The maximum absolute atomic E-state index is 12.7. The molecule has 0 fully saturated rings. The molecule has 1 atom stereocenters. The summed E-state index contributed by atoms with van der Waals surface area (Å²) in [4.78, 5) is 24.4. The third-order valence-electron chi connectivity index (χ3n) is 4.10.